The second-order valence-electron chi connectivity index (χ2n) is 7.22. The average Bonchev–Trinajstić information content (AvgIpc) is 2.70. The number of nitrogens with zero attached hydrogens (tertiary/aromatic N) is 1. The molecule has 30 heavy (non-hydrogen) atoms. The van der Waals surface area contributed by atoms with E-state index in [9.17, 15) is 18.0 Å². The zero-order valence-electron chi connectivity index (χ0n) is 18.0. The summed E-state index contributed by atoms with van der Waals surface area (Å²) in [5, 5.41) is 2.73. The lowest BCUT2D eigenvalue weighted by Crippen LogP contribution is -2.24. The van der Waals surface area contributed by atoms with Gasteiger partial charge >= 0.3 is 5.97 Å². The predicted octanol–water partition coefficient (Wildman–Crippen LogP) is 3.76. The van der Waals surface area contributed by atoms with Crippen LogP contribution in [0.1, 0.15) is 51.6 Å². The largest absolute Gasteiger partial charge is 0.462 e. The molecule has 0 aliphatic heterocycles. The fourth-order valence-corrected chi connectivity index (χ4v) is 3.93. The van der Waals surface area contributed by atoms with Gasteiger partial charge in [-0.05, 0) is 67.8 Å². The molecule has 0 atom stereocenters. The van der Waals surface area contributed by atoms with Crippen LogP contribution < -0.4 is 5.32 Å². The van der Waals surface area contributed by atoms with Crippen molar-refractivity contribution in [3.63, 3.8) is 0 Å². The van der Waals surface area contributed by atoms with E-state index >= 15 is 0 Å². The van der Waals surface area contributed by atoms with E-state index in [-0.39, 0.29) is 10.5 Å². The predicted molar refractivity (Wildman–Crippen MR) is 116 cm³/mol. The molecule has 0 heterocycles. The molecular weight excluding hydrogens is 404 g/mol. The number of esters is 1. The molecule has 2 aromatic carbocycles. The van der Waals surface area contributed by atoms with Crippen LogP contribution in [0.3, 0.4) is 0 Å². The lowest BCUT2D eigenvalue weighted by Gasteiger charge is -2.16. The fourth-order valence-electron chi connectivity index (χ4n) is 2.71. The Kier molecular flexibility index (Phi) is 7.75. The maximum absolute atomic E-state index is 12.7. The van der Waals surface area contributed by atoms with Crippen LogP contribution in [0.2, 0.25) is 0 Å². The number of anilines is 1. The molecule has 0 aromatic heterocycles. The van der Waals surface area contributed by atoms with Crippen LogP contribution >= 0.6 is 0 Å². The van der Waals surface area contributed by atoms with Gasteiger partial charge in [-0.1, -0.05) is 13.3 Å². The molecule has 1 N–H and O–H groups in total. The summed E-state index contributed by atoms with van der Waals surface area (Å²) in [4.78, 5) is 24.8. The minimum Gasteiger partial charge on any atom is -0.462 e. The molecule has 7 nitrogen and oxygen atoms in total. The smallest absolute Gasteiger partial charge is 0.338 e. The van der Waals surface area contributed by atoms with E-state index in [2.05, 4.69) is 5.32 Å². The molecule has 8 heteroatoms. The second-order valence-corrected chi connectivity index (χ2v) is 9.34. The van der Waals surface area contributed by atoms with Gasteiger partial charge in [0.05, 0.1) is 17.1 Å². The third-order valence-corrected chi connectivity index (χ3v) is 6.69. The highest BCUT2D eigenvalue weighted by Crippen LogP contribution is 2.24. The summed E-state index contributed by atoms with van der Waals surface area (Å²) in [6.45, 7) is 5.87. The average molecular weight is 433 g/mol. The number of unbranched alkanes of at least 4 members (excludes halogenated alkanes) is 1. The Labute approximate surface area is 178 Å². The third kappa shape index (κ3) is 5.46. The Bertz CT molecular complexity index is 1030. The van der Waals surface area contributed by atoms with Gasteiger partial charge < -0.3 is 10.1 Å². The standard InChI is InChI=1S/C22H28N2O5S/c1-6-7-12-29-22(26)17-8-10-19(11-9-17)23-21(25)18-13-15(2)16(3)20(14-18)30(27,28)24(4)5/h8-11,13-14H,6-7,12H2,1-5H3,(H,23,25). The number of ether oxygens (including phenoxy) is 1. The van der Waals surface area contributed by atoms with Crippen molar-refractivity contribution >= 4 is 27.6 Å². The molecule has 0 saturated carbocycles. The fraction of sp³-hybridized carbons (Fsp3) is 0.364. The first-order valence-corrected chi connectivity index (χ1v) is 11.1. The molecule has 0 bridgehead atoms. The Morgan fingerprint density at radius 2 is 1.67 bits per heavy atom. The van der Waals surface area contributed by atoms with Gasteiger partial charge in [0, 0.05) is 25.3 Å². The van der Waals surface area contributed by atoms with Gasteiger partial charge in [0.2, 0.25) is 10.0 Å². The van der Waals surface area contributed by atoms with Crippen molar-refractivity contribution in [2.75, 3.05) is 26.0 Å². The number of carbonyl (C=O) groups is 2. The quantitative estimate of drug-likeness (QED) is 0.506. The van der Waals surface area contributed by atoms with Crippen LogP contribution in [0.5, 0.6) is 0 Å². The lowest BCUT2D eigenvalue weighted by atomic mass is 10.1. The van der Waals surface area contributed by atoms with E-state index in [1.54, 1.807) is 44.2 Å². The highest BCUT2D eigenvalue weighted by molar-refractivity contribution is 7.89. The molecule has 0 aliphatic rings. The van der Waals surface area contributed by atoms with Gasteiger partial charge in [-0.15, -0.1) is 0 Å². The summed E-state index contributed by atoms with van der Waals surface area (Å²) >= 11 is 0. The molecule has 0 spiro atoms. The number of hydrogen-bond donors (Lipinski definition) is 1. The number of benzene rings is 2. The first-order chi connectivity index (χ1) is 14.1. The molecule has 162 valence electrons. The van der Waals surface area contributed by atoms with Crippen LogP contribution in [0.15, 0.2) is 41.3 Å². The van der Waals surface area contributed by atoms with Crippen LogP contribution in [-0.4, -0.2) is 45.3 Å². The zero-order chi connectivity index (χ0) is 22.5. The number of sulfonamides is 1. The number of amides is 1. The normalized spacial score (nSPS) is 11.4. The molecular formula is C22H28N2O5S. The molecule has 1 amide bonds. The van der Waals surface area contributed by atoms with Crippen LogP contribution in [0.4, 0.5) is 5.69 Å². The van der Waals surface area contributed by atoms with E-state index < -0.39 is 21.9 Å². The van der Waals surface area contributed by atoms with Crippen LogP contribution in [0.25, 0.3) is 0 Å². The number of carbonyl (C=O) groups excluding carboxylic acids is 2. The zero-order valence-corrected chi connectivity index (χ0v) is 18.8. The number of nitrogens with one attached hydrogen (secondary N) is 1. The topological polar surface area (TPSA) is 92.8 Å². The molecule has 2 aromatic rings. The highest BCUT2D eigenvalue weighted by Gasteiger charge is 2.23. The van der Waals surface area contributed by atoms with Gasteiger partial charge in [0.25, 0.3) is 5.91 Å². The molecule has 2 rings (SSSR count). The van der Waals surface area contributed by atoms with Crippen molar-refractivity contribution in [3.8, 4) is 0 Å². The second kappa shape index (κ2) is 9.86. The number of hydrogen-bond acceptors (Lipinski definition) is 5. The van der Waals surface area contributed by atoms with Crippen molar-refractivity contribution in [1.82, 2.24) is 4.31 Å². The maximum Gasteiger partial charge on any atom is 0.338 e. The minimum atomic E-state index is -3.68. The lowest BCUT2D eigenvalue weighted by molar-refractivity contribution is 0.0499. The van der Waals surface area contributed by atoms with Gasteiger partial charge in [-0.25, -0.2) is 17.5 Å². The van der Waals surface area contributed by atoms with E-state index in [0.29, 0.717) is 29.0 Å². The Morgan fingerprint density at radius 3 is 2.23 bits per heavy atom. The molecule has 0 saturated heterocycles. The van der Waals surface area contributed by atoms with Gasteiger partial charge in [-0.3, -0.25) is 4.79 Å². The van der Waals surface area contributed by atoms with E-state index in [1.807, 2.05) is 6.92 Å². The molecule has 0 unspecified atom stereocenters. The number of aryl methyl sites for hydroxylation is 1. The van der Waals surface area contributed by atoms with Gasteiger partial charge in [0.1, 0.15) is 0 Å². The Balaban J connectivity index is 2.20. The van der Waals surface area contributed by atoms with Crippen molar-refractivity contribution in [3.05, 3.63) is 58.7 Å². The first kappa shape index (κ1) is 23.6. The molecule has 0 aliphatic carbocycles. The van der Waals surface area contributed by atoms with E-state index in [4.69, 9.17) is 4.74 Å². The third-order valence-electron chi connectivity index (χ3n) is 4.75. The SMILES string of the molecule is CCCCOC(=O)c1ccc(NC(=O)c2cc(C)c(C)c(S(=O)(=O)N(C)C)c2)cc1. The number of rotatable bonds is 8. The van der Waals surface area contributed by atoms with Gasteiger partial charge in [0.15, 0.2) is 0 Å². The summed E-state index contributed by atoms with van der Waals surface area (Å²) < 4.78 is 31.4. The minimum absolute atomic E-state index is 0.0998. The van der Waals surface area contributed by atoms with E-state index in [1.165, 1.54) is 20.2 Å². The van der Waals surface area contributed by atoms with Crippen molar-refractivity contribution in [1.29, 1.82) is 0 Å². The van der Waals surface area contributed by atoms with Crippen molar-refractivity contribution in [2.45, 2.75) is 38.5 Å². The highest BCUT2D eigenvalue weighted by atomic mass is 32.2. The summed E-state index contributed by atoms with van der Waals surface area (Å²) in [7, 11) is -0.782. The summed E-state index contributed by atoms with van der Waals surface area (Å²) in [5.74, 6) is -0.847. The first-order valence-electron chi connectivity index (χ1n) is 9.70. The van der Waals surface area contributed by atoms with Gasteiger partial charge in [-0.2, -0.15) is 0 Å². The van der Waals surface area contributed by atoms with Crippen molar-refractivity contribution in [2.24, 2.45) is 0 Å². The summed E-state index contributed by atoms with van der Waals surface area (Å²) in [5.41, 5.74) is 2.43. The van der Waals surface area contributed by atoms with E-state index in [0.717, 1.165) is 17.1 Å². The van der Waals surface area contributed by atoms with Crippen LogP contribution in [0, 0.1) is 13.8 Å². The Hall–Kier alpha value is -2.71. The maximum atomic E-state index is 12.7. The molecule has 0 fully saturated rings. The monoisotopic (exact) mass is 432 g/mol. The summed E-state index contributed by atoms with van der Waals surface area (Å²) in [6, 6.07) is 9.39. The molecule has 0 radical (unpaired) electrons. The van der Waals surface area contributed by atoms with Crippen molar-refractivity contribution < 1.29 is 22.7 Å². The van der Waals surface area contributed by atoms with Crippen LogP contribution in [-0.2, 0) is 14.8 Å². The Morgan fingerprint density at radius 1 is 1.03 bits per heavy atom. The summed E-state index contributed by atoms with van der Waals surface area (Å²) in [6.07, 6.45) is 1.75.